The standard InChI is InChI=1S/C42H42F7N3O6/c1-29(23-30-24-32-15-17-52(39(32)33(25-30)26-50)16-6-20-56-40(53)31-11-13-34(43)14-12-31)51(18-21-54-35-7-2-4-9-37(35)57-27-41(44,45)46)19-22-55-36-8-3-5-10-38(36)58-28-42(47,48)49/h2-5,7-14,24-25,29H,6,15-23,27-28H2,1H3/t29-/m1/s1. The zero-order valence-electron chi connectivity index (χ0n) is 31.6. The summed E-state index contributed by atoms with van der Waals surface area (Å²) in [5.74, 6) is -0.894. The first-order chi connectivity index (χ1) is 27.7. The first-order valence-corrected chi connectivity index (χ1v) is 18.5. The van der Waals surface area contributed by atoms with Crippen LogP contribution in [0.15, 0.2) is 84.9 Å². The summed E-state index contributed by atoms with van der Waals surface area (Å²) < 4.78 is 117. The maximum absolute atomic E-state index is 13.2. The molecule has 16 heteroatoms. The van der Waals surface area contributed by atoms with Crippen molar-refractivity contribution >= 4 is 11.7 Å². The van der Waals surface area contributed by atoms with E-state index >= 15 is 0 Å². The number of halogens is 7. The average Bonchev–Trinajstić information content (AvgIpc) is 3.60. The first-order valence-electron chi connectivity index (χ1n) is 18.5. The van der Waals surface area contributed by atoms with Gasteiger partial charge >= 0.3 is 18.3 Å². The van der Waals surface area contributed by atoms with Crippen molar-refractivity contribution in [2.75, 3.05) is 64.1 Å². The van der Waals surface area contributed by atoms with Gasteiger partial charge < -0.3 is 28.6 Å². The smallest absolute Gasteiger partial charge is 0.422 e. The second-order valence-corrected chi connectivity index (χ2v) is 13.5. The van der Waals surface area contributed by atoms with Gasteiger partial charge in [-0.05, 0) is 91.9 Å². The number of carbonyl (C=O) groups is 1. The van der Waals surface area contributed by atoms with E-state index in [1.165, 1.54) is 60.7 Å². The third kappa shape index (κ3) is 13.2. The quantitative estimate of drug-likeness (QED) is 0.0494. The van der Waals surface area contributed by atoms with Gasteiger partial charge in [0.25, 0.3) is 0 Å². The van der Waals surface area contributed by atoms with Crippen LogP contribution in [-0.2, 0) is 17.6 Å². The number of fused-ring (bicyclic) bond motifs is 1. The monoisotopic (exact) mass is 817 g/mol. The highest BCUT2D eigenvalue weighted by molar-refractivity contribution is 5.89. The van der Waals surface area contributed by atoms with E-state index in [4.69, 9.17) is 23.7 Å². The summed E-state index contributed by atoms with van der Waals surface area (Å²) in [5.41, 5.74) is 3.44. The lowest BCUT2D eigenvalue weighted by Gasteiger charge is -2.30. The maximum atomic E-state index is 13.2. The molecule has 0 saturated heterocycles. The Morgan fingerprint density at radius 3 is 1.84 bits per heavy atom. The first kappa shape index (κ1) is 43.4. The normalized spacial score (nSPS) is 13.1. The van der Waals surface area contributed by atoms with Gasteiger partial charge in [-0.15, -0.1) is 0 Å². The van der Waals surface area contributed by atoms with Gasteiger partial charge in [-0.2, -0.15) is 31.6 Å². The van der Waals surface area contributed by atoms with Crippen molar-refractivity contribution in [2.45, 2.75) is 44.6 Å². The molecule has 0 spiro atoms. The topological polar surface area (TPSA) is 93.5 Å². The molecule has 310 valence electrons. The zero-order valence-corrected chi connectivity index (χ0v) is 31.6. The Balaban J connectivity index is 1.24. The maximum Gasteiger partial charge on any atom is 0.422 e. The zero-order chi connectivity index (χ0) is 41.7. The predicted molar refractivity (Wildman–Crippen MR) is 200 cm³/mol. The molecule has 1 heterocycles. The van der Waals surface area contributed by atoms with Crippen LogP contribution in [0.5, 0.6) is 23.0 Å². The van der Waals surface area contributed by atoms with Gasteiger partial charge in [-0.25, -0.2) is 9.18 Å². The number of esters is 1. The predicted octanol–water partition coefficient (Wildman–Crippen LogP) is 8.58. The van der Waals surface area contributed by atoms with Crippen LogP contribution in [0.25, 0.3) is 0 Å². The molecule has 4 aromatic carbocycles. The third-order valence-electron chi connectivity index (χ3n) is 9.13. The molecule has 58 heavy (non-hydrogen) atoms. The van der Waals surface area contributed by atoms with Crippen LogP contribution in [0.4, 0.5) is 36.4 Å². The average molecular weight is 818 g/mol. The number of nitriles is 1. The summed E-state index contributed by atoms with van der Waals surface area (Å²) in [6.45, 7) is 0.974. The van der Waals surface area contributed by atoms with Gasteiger partial charge in [0.1, 0.15) is 25.1 Å². The van der Waals surface area contributed by atoms with E-state index < -0.39 is 37.4 Å². The number of nitrogens with zero attached hydrogens (tertiary/aromatic N) is 3. The van der Waals surface area contributed by atoms with Gasteiger partial charge in [-0.3, -0.25) is 4.90 Å². The summed E-state index contributed by atoms with van der Waals surface area (Å²) in [5, 5.41) is 10.2. The molecule has 1 atom stereocenters. The number of benzene rings is 4. The summed E-state index contributed by atoms with van der Waals surface area (Å²) >= 11 is 0. The van der Waals surface area contributed by atoms with Gasteiger partial charge in [-0.1, -0.05) is 30.3 Å². The lowest BCUT2D eigenvalue weighted by molar-refractivity contribution is -0.154. The van der Waals surface area contributed by atoms with Crippen LogP contribution < -0.4 is 23.8 Å². The highest BCUT2D eigenvalue weighted by atomic mass is 19.4. The Morgan fingerprint density at radius 2 is 1.33 bits per heavy atom. The number of alkyl halides is 6. The third-order valence-corrected chi connectivity index (χ3v) is 9.13. The molecule has 1 aliphatic rings. The second-order valence-electron chi connectivity index (χ2n) is 13.5. The highest BCUT2D eigenvalue weighted by Crippen LogP contribution is 2.34. The number of carbonyl (C=O) groups excluding carboxylic acids is 1. The van der Waals surface area contributed by atoms with E-state index in [2.05, 4.69) is 17.0 Å². The fourth-order valence-corrected chi connectivity index (χ4v) is 6.47. The van der Waals surface area contributed by atoms with Crippen molar-refractivity contribution in [3.8, 4) is 29.1 Å². The molecule has 0 saturated carbocycles. The van der Waals surface area contributed by atoms with Crippen LogP contribution in [0, 0.1) is 17.1 Å². The molecule has 0 aromatic heterocycles. The van der Waals surface area contributed by atoms with Crippen LogP contribution >= 0.6 is 0 Å². The van der Waals surface area contributed by atoms with Crippen molar-refractivity contribution in [1.82, 2.24) is 4.90 Å². The van der Waals surface area contributed by atoms with E-state index in [1.807, 2.05) is 17.9 Å². The van der Waals surface area contributed by atoms with E-state index in [-0.39, 0.29) is 67.5 Å². The van der Waals surface area contributed by atoms with Gasteiger partial charge in [0.2, 0.25) is 0 Å². The molecule has 0 bridgehead atoms. The number of hydrogen-bond acceptors (Lipinski definition) is 9. The lowest BCUT2D eigenvalue weighted by atomic mass is 9.98. The molecule has 0 fully saturated rings. The van der Waals surface area contributed by atoms with Crippen molar-refractivity contribution in [3.05, 3.63) is 113 Å². The minimum atomic E-state index is -4.54. The summed E-state index contributed by atoms with van der Waals surface area (Å²) in [6.07, 6.45) is -7.40. The van der Waals surface area contributed by atoms with Crippen LogP contribution in [0.2, 0.25) is 0 Å². The molecule has 0 N–H and O–H groups in total. The fourth-order valence-electron chi connectivity index (χ4n) is 6.47. The van der Waals surface area contributed by atoms with Gasteiger partial charge in [0.05, 0.1) is 23.4 Å². The molecule has 0 radical (unpaired) electrons. The molecule has 9 nitrogen and oxygen atoms in total. The lowest BCUT2D eigenvalue weighted by Crippen LogP contribution is -2.40. The largest absolute Gasteiger partial charge is 0.488 e. The SMILES string of the molecule is C[C@H](Cc1cc(C#N)c2c(c1)CCN2CCCOC(=O)c1ccc(F)cc1)N(CCOc1ccccc1OCC(F)(F)F)CCOc1ccccc1OCC(F)(F)F. The molecule has 1 aliphatic heterocycles. The highest BCUT2D eigenvalue weighted by Gasteiger charge is 2.30. The number of hydrogen-bond donors (Lipinski definition) is 0. The molecular weight excluding hydrogens is 775 g/mol. The van der Waals surface area contributed by atoms with Crippen LogP contribution in [-0.4, -0.2) is 88.5 Å². The molecule has 0 amide bonds. The summed E-state index contributed by atoms with van der Waals surface area (Å²) in [4.78, 5) is 16.4. The molecule has 0 aliphatic carbocycles. The van der Waals surface area contributed by atoms with Crippen LogP contribution in [0.1, 0.15) is 40.4 Å². The molecule has 4 aromatic rings. The second kappa shape index (κ2) is 20.1. The van der Waals surface area contributed by atoms with Crippen molar-refractivity contribution < 1.29 is 59.2 Å². The van der Waals surface area contributed by atoms with E-state index in [0.29, 0.717) is 37.9 Å². The number of ether oxygens (including phenoxy) is 5. The summed E-state index contributed by atoms with van der Waals surface area (Å²) in [7, 11) is 0. The van der Waals surface area contributed by atoms with Crippen molar-refractivity contribution in [2.24, 2.45) is 0 Å². The minimum Gasteiger partial charge on any atom is -0.488 e. The summed E-state index contributed by atoms with van der Waals surface area (Å²) in [6, 6.07) is 23.1. The van der Waals surface area contributed by atoms with E-state index in [9.17, 15) is 40.8 Å². The number of anilines is 1. The van der Waals surface area contributed by atoms with Crippen molar-refractivity contribution in [3.63, 3.8) is 0 Å². The molecule has 5 rings (SSSR count). The van der Waals surface area contributed by atoms with Gasteiger partial charge in [0, 0.05) is 32.2 Å². The Kier molecular flexibility index (Phi) is 15.1. The Hall–Kier alpha value is -5.69. The minimum absolute atomic E-state index is 0.0455. The van der Waals surface area contributed by atoms with Crippen molar-refractivity contribution in [1.29, 1.82) is 5.26 Å². The number of rotatable bonds is 20. The Labute approximate surface area is 331 Å². The van der Waals surface area contributed by atoms with Crippen LogP contribution in [0.3, 0.4) is 0 Å². The Bertz CT molecular complexity index is 1940. The van der Waals surface area contributed by atoms with E-state index in [1.54, 1.807) is 12.1 Å². The van der Waals surface area contributed by atoms with E-state index in [0.717, 1.165) is 16.8 Å². The molecular formula is C42H42F7N3O6. The van der Waals surface area contributed by atoms with Gasteiger partial charge in [0.15, 0.2) is 36.2 Å². The fraction of sp³-hybridized carbons (Fsp3) is 0.381. The number of para-hydroxylation sites is 4. The Morgan fingerprint density at radius 1 is 0.793 bits per heavy atom. The molecule has 0 unspecified atom stereocenters.